The van der Waals surface area contributed by atoms with Crippen LogP contribution in [0.3, 0.4) is 0 Å². The van der Waals surface area contributed by atoms with E-state index in [9.17, 15) is 0 Å². The van der Waals surface area contributed by atoms with Crippen molar-refractivity contribution >= 4 is 17.1 Å². The highest BCUT2D eigenvalue weighted by molar-refractivity contribution is 7.80. The Kier molecular flexibility index (Phi) is 12.9. The van der Waals surface area contributed by atoms with Gasteiger partial charge in [-0.3, -0.25) is 0 Å². The highest BCUT2D eigenvalue weighted by Crippen LogP contribution is 2.12. The van der Waals surface area contributed by atoms with Crippen LogP contribution in [0.2, 0.25) is 0 Å². The number of hydrogen-bond acceptors (Lipinski definition) is 1. The molecule has 0 aliphatic heterocycles. The molecule has 0 heterocycles. The molecule has 0 amide bonds. The molecule has 0 radical (unpaired) electrons. The summed E-state index contributed by atoms with van der Waals surface area (Å²) in [7, 11) is 0. The first-order valence-electron chi connectivity index (χ1n) is 9.24. The van der Waals surface area contributed by atoms with E-state index in [0.717, 1.165) is 11.3 Å². The Labute approximate surface area is 138 Å². The van der Waals surface area contributed by atoms with Crippen molar-refractivity contribution in [1.29, 1.82) is 0 Å². The van der Waals surface area contributed by atoms with Crippen molar-refractivity contribution in [3.8, 4) is 0 Å². The molecule has 0 aromatic carbocycles. The molecule has 0 nitrogen and oxygen atoms in total. The van der Waals surface area contributed by atoms with Gasteiger partial charge >= 0.3 is 0 Å². The van der Waals surface area contributed by atoms with Crippen molar-refractivity contribution in [3.05, 3.63) is 24.3 Å². The second-order valence-electron chi connectivity index (χ2n) is 6.35. The number of hydrogen-bond donors (Lipinski definition) is 0. The summed E-state index contributed by atoms with van der Waals surface area (Å²) in [5.74, 6) is 0. The third-order valence-electron chi connectivity index (χ3n) is 4.26. The first-order chi connectivity index (χ1) is 10.4. The van der Waals surface area contributed by atoms with E-state index in [1.807, 2.05) is 0 Å². The molecule has 120 valence electrons. The molecule has 0 spiro atoms. The van der Waals surface area contributed by atoms with Crippen molar-refractivity contribution in [1.82, 2.24) is 0 Å². The maximum absolute atomic E-state index is 5.42. The van der Waals surface area contributed by atoms with Gasteiger partial charge in [-0.15, -0.1) is 0 Å². The first-order valence-corrected chi connectivity index (χ1v) is 9.65. The van der Waals surface area contributed by atoms with E-state index in [0.29, 0.717) is 0 Å². The molecule has 1 aliphatic rings. The van der Waals surface area contributed by atoms with Crippen LogP contribution in [0.4, 0.5) is 0 Å². The van der Waals surface area contributed by atoms with Gasteiger partial charge in [0.25, 0.3) is 0 Å². The van der Waals surface area contributed by atoms with Crippen molar-refractivity contribution in [2.45, 2.75) is 96.3 Å². The summed E-state index contributed by atoms with van der Waals surface area (Å²) in [6, 6.07) is 0. The van der Waals surface area contributed by atoms with Crippen molar-refractivity contribution in [2.24, 2.45) is 0 Å². The quantitative estimate of drug-likeness (QED) is 0.333. The Morgan fingerprint density at radius 1 is 0.524 bits per heavy atom. The minimum Gasteiger partial charge on any atom is -0.0885 e. The number of rotatable bonds is 0. The molecule has 0 N–H and O–H groups in total. The largest absolute Gasteiger partial charge is 0.0885 e. The van der Waals surface area contributed by atoms with Crippen molar-refractivity contribution in [3.63, 3.8) is 0 Å². The van der Waals surface area contributed by atoms with Crippen LogP contribution in [0.15, 0.2) is 24.3 Å². The standard InChI is InChI=1S/C20H34S/c21-20-18-16-14-12-10-8-6-4-2-1-3-5-7-9-11-13-15-17-19-20/h2,4,17,19H,1,3,5-16,18H2. The second kappa shape index (κ2) is 14.5. The molecule has 0 aromatic heterocycles. The van der Waals surface area contributed by atoms with Gasteiger partial charge in [-0.05, 0) is 51.4 Å². The van der Waals surface area contributed by atoms with Crippen LogP contribution in [0.25, 0.3) is 0 Å². The zero-order valence-electron chi connectivity index (χ0n) is 13.8. The summed E-state index contributed by atoms with van der Waals surface area (Å²) in [6.45, 7) is 0. The summed E-state index contributed by atoms with van der Waals surface area (Å²) in [5, 5.41) is 0. The zero-order chi connectivity index (χ0) is 15.0. The molecule has 1 aliphatic carbocycles. The van der Waals surface area contributed by atoms with E-state index >= 15 is 0 Å². The van der Waals surface area contributed by atoms with E-state index < -0.39 is 0 Å². The lowest BCUT2D eigenvalue weighted by atomic mass is 10.1. The molecule has 21 heavy (non-hydrogen) atoms. The van der Waals surface area contributed by atoms with Crippen LogP contribution in [-0.2, 0) is 0 Å². The monoisotopic (exact) mass is 306 g/mol. The highest BCUT2D eigenvalue weighted by Gasteiger charge is 1.95. The summed E-state index contributed by atoms with van der Waals surface area (Å²) in [5.41, 5.74) is 0. The number of allylic oxidation sites excluding steroid dienone is 4. The Balaban J connectivity index is 2.20. The van der Waals surface area contributed by atoms with Crippen LogP contribution in [0.1, 0.15) is 96.3 Å². The van der Waals surface area contributed by atoms with Crippen LogP contribution < -0.4 is 0 Å². The van der Waals surface area contributed by atoms with Gasteiger partial charge in [-0.1, -0.05) is 81.5 Å². The van der Waals surface area contributed by atoms with Gasteiger partial charge < -0.3 is 0 Å². The van der Waals surface area contributed by atoms with Gasteiger partial charge in [-0.25, -0.2) is 0 Å². The van der Waals surface area contributed by atoms with Gasteiger partial charge in [0.2, 0.25) is 0 Å². The minimum absolute atomic E-state index is 1.12. The van der Waals surface area contributed by atoms with Crippen LogP contribution in [0.5, 0.6) is 0 Å². The van der Waals surface area contributed by atoms with Gasteiger partial charge in [-0.2, -0.15) is 0 Å². The predicted octanol–water partition coefficient (Wildman–Crippen LogP) is 7.33. The lowest BCUT2D eigenvalue weighted by Crippen LogP contribution is -1.89. The first kappa shape index (κ1) is 18.6. The van der Waals surface area contributed by atoms with E-state index in [4.69, 9.17) is 12.2 Å². The maximum Gasteiger partial charge on any atom is 0.0149 e. The zero-order valence-corrected chi connectivity index (χ0v) is 14.6. The normalized spacial score (nSPS) is 22.0. The van der Waals surface area contributed by atoms with E-state index in [1.54, 1.807) is 0 Å². The smallest absolute Gasteiger partial charge is 0.0149 e. The summed E-state index contributed by atoms with van der Waals surface area (Å²) >= 11 is 5.42. The lowest BCUT2D eigenvalue weighted by molar-refractivity contribution is 0.599. The molecular formula is C20H34S. The Hall–Kier alpha value is -0.430. The number of thiocarbonyl (C=S) groups is 1. The summed E-state index contributed by atoms with van der Waals surface area (Å²) < 4.78 is 0. The molecule has 1 heteroatoms. The van der Waals surface area contributed by atoms with E-state index in [1.165, 1.54) is 89.9 Å². The van der Waals surface area contributed by atoms with Crippen LogP contribution >= 0.6 is 12.2 Å². The Morgan fingerprint density at radius 2 is 0.952 bits per heavy atom. The molecule has 0 fully saturated rings. The maximum atomic E-state index is 5.42. The average Bonchev–Trinajstić information content (AvgIpc) is 2.48. The molecule has 0 unspecified atom stereocenters. The molecule has 0 saturated carbocycles. The predicted molar refractivity (Wildman–Crippen MR) is 100 cm³/mol. The van der Waals surface area contributed by atoms with Crippen molar-refractivity contribution in [2.75, 3.05) is 0 Å². The molecule has 0 atom stereocenters. The second-order valence-corrected chi connectivity index (χ2v) is 6.87. The fraction of sp³-hybridized carbons (Fsp3) is 0.750. The molecule has 0 aromatic rings. The molecule has 0 bridgehead atoms. The van der Waals surface area contributed by atoms with Gasteiger partial charge in [0.15, 0.2) is 0 Å². The summed E-state index contributed by atoms with van der Waals surface area (Å²) in [6.07, 6.45) is 29.3. The third kappa shape index (κ3) is 13.0. The third-order valence-corrected chi connectivity index (χ3v) is 4.60. The topological polar surface area (TPSA) is 0 Å². The Bertz CT molecular complexity index is 301. The average molecular weight is 307 g/mol. The molecule has 0 saturated heterocycles. The minimum atomic E-state index is 1.12. The van der Waals surface area contributed by atoms with Gasteiger partial charge in [0.1, 0.15) is 0 Å². The fourth-order valence-corrected chi connectivity index (χ4v) is 3.10. The van der Waals surface area contributed by atoms with Gasteiger partial charge in [0.05, 0.1) is 0 Å². The molecule has 1 rings (SSSR count). The summed E-state index contributed by atoms with van der Waals surface area (Å²) in [4.78, 5) is 1.16. The van der Waals surface area contributed by atoms with Crippen LogP contribution in [-0.4, -0.2) is 4.86 Å². The van der Waals surface area contributed by atoms with Gasteiger partial charge in [0, 0.05) is 4.86 Å². The van der Waals surface area contributed by atoms with E-state index in [2.05, 4.69) is 24.3 Å². The lowest BCUT2D eigenvalue weighted by Gasteiger charge is -2.02. The van der Waals surface area contributed by atoms with E-state index in [-0.39, 0.29) is 0 Å². The van der Waals surface area contributed by atoms with Crippen molar-refractivity contribution < 1.29 is 0 Å². The fourth-order valence-electron chi connectivity index (χ4n) is 2.86. The molecular weight excluding hydrogens is 272 g/mol. The highest BCUT2D eigenvalue weighted by atomic mass is 32.1. The SMILES string of the molecule is S=C1C=CCCCCCCCCC=CCCCCCCC1. The van der Waals surface area contributed by atoms with Crippen LogP contribution in [0, 0.1) is 0 Å². The Morgan fingerprint density at radius 3 is 1.52 bits per heavy atom.